The van der Waals surface area contributed by atoms with Crippen LogP contribution in [0.4, 0.5) is 0 Å². The molecule has 0 amide bonds. The predicted octanol–water partition coefficient (Wildman–Crippen LogP) is 2.06. The molecular weight excluding hydrogens is 240 g/mol. The number of aromatic nitrogens is 2. The highest BCUT2D eigenvalue weighted by Gasteiger charge is 2.13. The van der Waals surface area contributed by atoms with Gasteiger partial charge in [0.15, 0.2) is 5.82 Å². The van der Waals surface area contributed by atoms with Crippen molar-refractivity contribution in [1.29, 1.82) is 0 Å². The number of carbonyl (C=O) groups excluding carboxylic acids is 1. The van der Waals surface area contributed by atoms with Gasteiger partial charge in [-0.3, -0.25) is 4.79 Å². The van der Waals surface area contributed by atoms with Crippen molar-refractivity contribution >= 4 is 17.7 Å². The van der Waals surface area contributed by atoms with Crippen LogP contribution in [0.5, 0.6) is 0 Å². The van der Waals surface area contributed by atoms with Gasteiger partial charge < -0.3 is 9.26 Å². The summed E-state index contributed by atoms with van der Waals surface area (Å²) in [4.78, 5) is 15.4. The number of hydrogen-bond donors (Lipinski definition) is 0. The van der Waals surface area contributed by atoms with Crippen molar-refractivity contribution in [2.45, 2.75) is 32.4 Å². The summed E-state index contributed by atoms with van der Waals surface area (Å²) in [7, 11) is 1.40. The molecule has 0 aliphatic carbocycles. The van der Waals surface area contributed by atoms with Gasteiger partial charge in [-0.05, 0) is 6.42 Å². The molecule has 0 unspecified atom stereocenters. The number of hydrogen-bond acceptors (Lipinski definition) is 6. The van der Waals surface area contributed by atoms with E-state index >= 15 is 0 Å². The SMILES string of the molecule is CCCc1noc(CSC[C@H](C)C(=O)OC)n1. The van der Waals surface area contributed by atoms with Gasteiger partial charge >= 0.3 is 5.97 Å². The second-order valence-corrected chi connectivity index (χ2v) is 4.82. The Kier molecular flexibility index (Phi) is 6.04. The standard InChI is InChI=1S/C11H18N2O3S/c1-4-5-9-12-10(16-13-9)7-17-6-8(2)11(14)15-3/h8H,4-7H2,1-3H3/t8-/m0/s1. The predicted molar refractivity (Wildman–Crippen MR) is 65.6 cm³/mol. The lowest BCUT2D eigenvalue weighted by Gasteiger charge is -2.06. The number of ether oxygens (including phenoxy) is 1. The van der Waals surface area contributed by atoms with Gasteiger partial charge in [0.25, 0.3) is 0 Å². The Morgan fingerprint density at radius 2 is 2.35 bits per heavy atom. The first-order valence-corrected chi connectivity index (χ1v) is 6.79. The first-order valence-electron chi connectivity index (χ1n) is 5.64. The molecule has 1 atom stereocenters. The molecule has 5 nitrogen and oxygen atoms in total. The number of thioether (sulfide) groups is 1. The van der Waals surface area contributed by atoms with Crippen LogP contribution in [0.2, 0.25) is 0 Å². The molecule has 0 aliphatic heterocycles. The van der Waals surface area contributed by atoms with E-state index in [1.54, 1.807) is 11.8 Å². The molecule has 0 fully saturated rings. The minimum Gasteiger partial charge on any atom is -0.469 e. The fraction of sp³-hybridized carbons (Fsp3) is 0.727. The second kappa shape index (κ2) is 7.32. The molecule has 0 saturated heterocycles. The van der Waals surface area contributed by atoms with Gasteiger partial charge in [-0.2, -0.15) is 16.7 Å². The topological polar surface area (TPSA) is 65.2 Å². The summed E-state index contributed by atoms with van der Waals surface area (Å²) >= 11 is 1.59. The van der Waals surface area contributed by atoms with Crippen LogP contribution in [0, 0.1) is 5.92 Å². The second-order valence-electron chi connectivity index (χ2n) is 3.79. The van der Waals surface area contributed by atoms with Gasteiger partial charge in [-0.1, -0.05) is 19.0 Å². The van der Waals surface area contributed by atoms with E-state index in [0.29, 0.717) is 17.4 Å². The Hall–Kier alpha value is -1.04. The van der Waals surface area contributed by atoms with Crippen LogP contribution in [0.15, 0.2) is 4.52 Å². The summed E-state index contributed by atoms with van der Waals surface area (Å²) in [6, 6.07) is 0. The van der Waals surface area contributed by atoms with Crippen molar-refractivity contribution in [3.05, 3.63) is 11.7 Å². The van der Waals surface area contributed by atoms with Crippen LogP contribution in [-0.2, 0) is 21.7 Å². The zero-order chi connectivity index (χ0) is 12.7. The molecule has 0 spiro atoms. The zero-order valence-corrected chi connectivity index (χ0v) is 11.2. The molecule has 1 rings (SSSR count). The number of nitrogens with zero attached hydrogens (tertiary/aromatic N) is 2. The molecule has 0 radical (unpaired) electrons. The first-order chi connectivity index (χ1) is 8.17. The lowest BCUT2D eigenvalue weighted by Crippen LogP contribution is -2.14. The molecule has 0 aliphatic rings. The number of methoxy groups -OCH3 is 1. The van der Waals surface area contributed by atoms with Crippen molar-refractivity contribution in [2.75, 3.05) is 12.9 Å². The van der Waals surface area contributed by atoms with E-state index in [9.17, 15) is 4.79 Å². The Balaban J connectivity index is 2.28. The van der Waals surface area contributed by atoms with Gasteiger partial charge in [0.05, 0.1) is 18.8 Å². The molecule has 17 heavy (non-hydrogen) atoms. The van der Waals surface area contributed by atoms with Crippen LogP contribution in [-0.4, -0.2) is 29.0 Å². The van der Waals surface area contributed by atoms with Gasteiger partial charge in [0, 0.05) is 12.2 Å². The van der Waals surface area contributed by atoms with Crippen LogP contribution in [0.25, 0.3) is 0 Å². The lowest BCUT2D eigenvalue weighted by molar-refractivity contribution is -0.143. The number of aryl methyl sites for hydroxylation is 1. The molecule has 0 saturated carbocycles. The summed E-state index contributed by atoms with van der Waals surface area (Å²) in [5.74, 6) is 2.41. The summed E-state index contributed by atoms with van der Waals surface area (Å²) in [5, 5.41) is 3.86. The fourth-order valence-electron chi connectivity index (χ4n) is 1.27. The molecule has 1 heterocycles. The number of esters is 1. The van der Waals surface area contributed by atoms with Crippen molar-refractivity contribution in [1.82, 2.24) is 10.1 Å². The summed E-state index contributed by atoms with van der Waals surface area (Å²) in [5.41, 5.74) is 0. The number of carbonyl (C=O) groups is 1. The van der Waals surface area contributed by atoms with Gasteiger partial charge in [0.2, 0.25) is 5.89 Å². The Morgan fingerprint density at radius 1 is 1.59 bits per heavy atom. The van der Waals surface area contributed by atoms with E-state index in [2.05, 4.69) is 21.8 Å². The van der Waals surface area contributed by atoms with Crippen LogP contribution >= 0.6 is 11.8 Å². The maximum absolute atomic E-state index is 11.2. The quantitative estimate of drug-likeness (QED) is 0.697. The maximum Gasteiger partial charge on any atom is 0.309 e. The molecule has 6 heteroatoms. The monoisotopic (exact) mass is 258 g/mol. The normalized spacial score (nSPS) is 12.4. The Morgan fingerprint density at radius 3 is 3.00 bits per heavy atom. The van der Waals surface area contributed by atoms with E-state index in [-0.39, 0.29) is 11.9 Å². The van der Waals surface area contributed by atoms with Crippen molar-refractivity contribution in [2.24, 2.45) is 5.92 Å². The Labute approximate surface area is 105 Å². The van der Waals surface area contributed by atoms with Gasteiger partial charge in [-0.25, -0.2) is 0 Å². The average molecular weight is 258 g/mol. The molecule has 1 aromatic heterocycles. The van der Waals surface area contributed by atoms with E-state index < -0.39 is 0 Å². The van der Waals surface area contributed by atoms with Gasteiger partial charge in [0.1, 0.15) is 0 Å². The highest BCUT2D eigenvalue weighted by molar-refractivity contribution is 7.98. The molecule has 0 N–H and O–H groups in total. The summed E-state index contributed by atoms with van der Waals surface area (Å²) in [6.45, 7) is 3.91. The van der Waals surface area contributed by atoms with E-state index in [1.165, 1.54) is 7.11 Å². The third-order valence-corrected chi connectivity index (χ3v) is 3.37. The average Bonchev–Trinajstić information content (AvgIpc) is 2.76. The third-order valence-electron chi connectivity index (χ3n) is 2.18. The fourth-order valence-corrected chi connectivity index (χ4v) is 2.17. The molecule has 96 valence electrons. The Bertz CT molecular complexity index is 354. The zero-order valence-electron chi connectivity index (χ0n) is 10.4. The largest absolute Gasteiger partial charge is 0.469 e. The van der Waals surface area contributed by atoms with E-state index in [4.69, 9.17) is 4.52 Å². The minimum absolute atomic E-state index is 0.108. The molecule has 0 bridgehead atoms. The van der Waals surface area contributed by atoms with Gasteiger partial charge in [-0.15, -0.1) is 0 Å². The molecule has 0 aromatic carbocycles. The van der Waals surface area contributed by atoms with Crippen LogP contribution in [0.1, 0.15) is 32.0 Å². The maximum atomic E-state index is 11.2. The summed E-state index contributed by atoms with van der Waals surface area (Å²) in [6.07, 6.45) is 1.85. The first kappa shape index (κ1) is 14.0. The number of rotatable bonds is 7. The van der Waals surface area contributed by atoms with Crippen LogP contribution < -0.4 is 0 Å². The summed E-state index contributed by atoms with van der Waals surface area (Å²) < 4.78 is 9.73. The lowest BCUT2D eigenvalue weighted by atomic mass is 10.2. The highest BCUT2D eigenvalue weighted by Crippen LogP contribution is 2.15. The van der Waals surface area contributed by atoms with Crippen molar-refractivity contribution in [3.8, 4) is 0 Å². The minimum atomic E-state index is -0.185. The smallest absolute Gasteiger partial charge is 0.309 e. The van der Waals surface area contributed by atoms with E-state index in [0.717, 1.165) is 18.7 Å². The molecule has 1 aromatic rings. The highest BCUT2D eigenvalue weighted by atomic mass is 32.2. The van der Waals surface area contributed by atoms with Crippen LogP contribution in [0.3, 0.4) is 0 Å². The third kappa shape index (κ3) is 4.77. The van der Waals surface area contributed by atoms with Crippen molar-refractivity contribution < 1.29 is 14.1 Å². The van der Waals surface area contributed by atoms with Crippen molar-refractivity contribution in [3.63, 3.8) is 0 Å². The van der Waals surface area contributed by atoms with E-state index in [1.807, 2.05) is 6.92 Å². The molecular formula is C11H18N2O3S.